The van der Waals surface area contributed by atoms with Crippen molar-refractivity contribution in [3.8, 4) is 0 Å². The zero-order valence-corrected chi connectivity index (χ0v) is 17.2. The maximum absolute atomic E-state index is 12.0. The van der Waals surface area contributed by atoms with Gasteiger partial charge in [-0.2, -0.15) is 9.61 Å². The van der Waals surface area contributed by atoms with Crippen LogP contribution >= 0.6 is 11.6 Å². The number of imide groups is 1. The number of amides is 2. The molecule has 7 nitrogen and oxygen atoms in total. The van der Waals surface area contributed by atoms with Gasteiger partial charge in [-0.25, -0.2) is 4.98 Å². The average molecular weight is 422 g/mol. The van der Waals surface area contributed by atoms with Crippen LogP contribution < -0.4 is 10.6 Å². The molecule has 0 unspecified atom stereocenters. The second-order valence-electron chi connectivity index (χ2n) is 7.87. The molecule has 152 valence electrons. The van der Waals surface area contributed by atoms with Crippen LogP contribution in [0.5, 0.6) is 0 Å². The smallest absolute Gasteiger partial charge is 0.254 e. The summed E-state index contributed by atoms with van der Waals surface area (Å²) in [5.41, 5.74) is 4.75. The van der Waals surface area contributed by atoms with Crippen LogP contribution in [-0.2, 0) is 16.0 Å². The number of aryl methyl sites for hydroxylation is 1. The summed E-state index contributed by atoms with van der Waals surface area (Å²) in [7, 11) is 0. The van der Waals surface area contributed by atoms with Crippen molar-refractivity contribution in [1.29, 1.82) is 0 Å². The van der Waals surface area contributed by atoms with Crippen LogP contribution in [0.3, 0.4) is 0 Å². The van der Waals surface area contributed by atoms with Crippen molar-refractivity contribution in [3.63, 3.8) is 0 Å². The van der Waals surface area contributed by atoms with Crippen LogP contribution in [0, 0.1) is 6.92 Å². The highest BCUT2D eigenvalue weighted by molar-refractivity contribution is 6.31. The minimum Gasteiger partial charge on any atom is -0.367 e. The van der Waals surface area contributed by atoms with Crippen molar-refractivity contribution in [3.05, 3.63) is 63.4 Å². The monoisotopic (exact) mass is 421 g/mol. The molecule has 1 saturated heterocycles. The predicted octanol–water partition coefficient (Wildman–Crippen LogP) is 3.29. The first kappa shape index (κ1) is 18.8. The number of nitrogens with zero attached hydrogens (tertiary/aromatic N) is 3. The molecule has 2 aromatic heterocycles. The van der Waals surface area contributed by atoms with Gasteiger partial charge in [0.15, 0.2) is 5.65 Å². The Morgan fingerprint density at radius 1 is 1.30 bits per heavy atom. The highest BCUT2D eigenvalue weighted by atomic mass is 35.5. The molecule has 0 radical (unpaired) electrons. The van der Waals surface area contributed by atoms with Gasteiger partial charge in [-0.15, -0.1) is 0 Å². The van der Waals surface area contributed by atoms with Gasteiger partial charge in [0.1, 0.15) is 5.82 Å². The Morgan fingerprint density at radius 3 is 2.83 bits per heavy atom. The van der Waals surface area contributed by atoms with Gasteiger partial charge in [-0.05, 0) is 43.0 Å². The molecular formula is C22H20ClN5O2. The number of halogens is 1. The molecule has 3 aromatic rings. The minimum atomic E-state index is -0.360. The van der Waals surface area contributed by atoms with Gasteiger partial charge < -0.3 is 5.32 Å². The van der Waals surface area contributed by atoms with E-state index in [1.54, 1.807) is 16.8 Å². The predicted molar refractivity (Wildman–Crippen MR) is 114 cm³/mol. The molecule has 8 heteroatoms. The fourth-order valence-electron chi connectivity index (χ4n) is 3.53. The van der Waals surface area contributed by atoms with E-state index >= 15 is 0 Å². The zero-order valence-electron chi connectivity index (χ0n) is 16.4. The van der Waals surface area contributed by atoms with Crippen molar-refractivity contribution in [2.24, 2.45) is 0 Å². The fourth-order valence-corrected chi connectivity index (χ4v) is 3.73. The Morgan fingerprint density at radius 2 is 2.13 bits per heavy atom. The first-order chi connectivity index (χ1) is 14.5. The molecule has 5 rings (SSSR count). The number of carbonyl (C=O) groups excluding carboxylic acids is 2. The molecule has 1 saturated carbocycles. The Kier molecular flexibility index (Phi) is 4.55. The lowest BCUT2D eigenvalue weighted by Crippen LogP contribution is -2.19. The lowest BCUT2D eigenvalue weighted by molar-refractivity contribution is -0.124. The maximum atomic E-state index is 12.0. The summed E-state index contributed by atoms with van der Waals surface area (Å²) >= 11 is 6.29. The summed E-state index contributed by atoms with van der Waals surface area (Å²) in [6.45, 7) is 1.98. The van der Waals surface area contributed by atoms with Gasteiger partial charge in [0.25, 0.3) is 5.91 Å². The number of aromatic nitrogens is 3. The summed E-state index contributed by atoms with van der Waals surface area (Å²) in [6.07, 6.45) is 6.33. The van der Waals surface area contributed by atoms with E-state index in [4.69, 9.17) is 16.6 Å². The van der Waals surface area contributed by atoms with E-state index in [1.165, 1.54) is 0 Å². The molecule has 0 spiro atoms. The molecule has 0 bridgehead atoms. The lowest BCUT2D eigenvalue weighted by Gasteiger charge is -2.11. The fraction of sp³-hybridized carbons (Fsp3) is 0.273. The Bertz CT molecular complexity index is 1230. The number of rotatable bonds is 5. The van der Waals surface area contributed by atoms with Crippen LogP contribution in [0.4, 0.5) is 5.82 Å². The summed E-state index contributed by atoms with van der Waals surface area (Å²) in [5, 5.41) is 11.0. The van der Waals surface area contributed by atoms with E-state index in [0.717, 1.165) is 40.5 Å². The average Bonchev–Trinajstić information content (AvgIpc) is 3.34. The molecule has 0 atom stereocenters. The van der Waals surface area contributed by atoms with E-state index in [1.807, 2.05) is 25.1 Å². The van der Waals surface area contributed by atoms with Gasteiger partial charge in [-0.1, -0.05) is 23.7 Å². The molecule has 2 fully saturated rings. The summed E-state index contributed by atoms with van der Waals surface area (Å²) < 4.78 is 1.75. The quantitative estimate of drug-likeness (QED) is 0.487. The molecule has 2 N–H and O–H groups in total. The van der Waals surface area contributed by atoms with Crippen molar-refractivity contribution in [2.45, 2.75) is 38.6 Å². The van der Waals surface area contributed by atoms with Crippen molar-refractivity contribution in [1.82, 2.24) is 19.9 Å². The van der Waals surface area contributed by atoms with E-state index in [-0.39, 0.29) is 18.2 Å². The molecule has 1 aliphatic heterocycles. The third kappa shape index (κ3) is 3.68. The van der Waals surface area contributed by atoms with Crippen LogP contribution in [0.25, 0.3) is 11.7 Å². The second-order valence-corrected chi connectivity index (χ2v) is 8.28. The first-order valence-electron chi connectivity index (χ1n) is 9.90. The van der Waals surface area contributed by atoms with Gasteiger partial charge in [0.05, 0.1) is 18.3 Å². The van der Waals surface area contributed by atoms with Crippen molar-refractivity contribution >= 4 is 41.0 Å². The van der Waals surface area contributed by atoms with Crippen LogP contribution in [-0.4, -0.2) is 32.5 Å². The topological polar surface area (TPSA) is 88.4 Å². The first-order valence-corrected chi connectivity index (χ1v) is 10.3. The SMILES string of the molecule is Cc1ccc(Cc2cc(NC3CC3)n3ncc(/C=C4\CC(=O)NC4=O)c3n2)cc1Cl. The highest BCUT2D eigenvalue weighted by Crippen LogP contribution is 2.28. The number of hydrogen-bond donors (Lipinski definition) is 2. The second kappa shape index (κ2) is 7.25. The molecule has 30 heavy (non-hydrogen) atoms. The molecule has 1 aromatic carbocycles. The number of nitrogens with one attached hydrogen (secondary N) is 2. The number of anilines is 1. The zero-order chi connectivity index (χ0) is 20.8. The van der Waals surface area contributed by atoms with Gasteiger partial charge >= 0.3 is 0 Å². The standard InChI is InChI=1S/C22H20ClN5O2/c1-12-2-3-13(7-18(12)23)6-17-10-19(25-16-4-5-16)28-21(26-17)15(11-24-28)8-14-9-20(29)27-22(14)30/h2-3,7-8,10-11,16,25H,4-6,9H2,1H3,(H,27,29,30)/b14-8+. The molecule has 2 aliphatic rings. The Balaban J connectivity index is 1.57. The Hall–Kier alpha value is -3.19. The molecule has 2 amide bonds. The molecule has 1 aliphatic carbocycles. The van der Waals surface area contributed by atoms with Crippen molar-refractivity contribution < 1.29 is 9.59 Å². The van der Waals surface area contributed by atoms with Crippen LogP contribution in [0.15, 0.2) is 36.0 Å². The van der Waals surface area contributed by atoms with Crippen LogP contribution in [0.2, 0.25) is 5.02 Å². The van der Waals surface area contributed by atoms with Gasteiger partial charge in [0, 0.05) is 34.7 Å². The summed E-state index contributed by atoms with van der Waals surface area (Å²) in [4.78, 5) is 28.3. The van der Waals surface area contributed by atoms with Gasteiger partial charge in [-0.3, -0.25) is 14.9 Å². The highest BCUT2D eigenvalue weighted by Gasteiger charge is 2.25. The maximum Gasteiger partial charge on any atom is 0.254 e. The Labute approximate surface area is 178 Å². The third-order valence-electron chi connectivity index (χ3n) is 5.33. The number of carbonyl (C=O) groups is 2. The van der Waals surface area contributed by atoms with E-state index in [2.05, 4.69) is 21.8 Å². The number of benzene rings is 1. The molecule has 3 heterocycles. The summed E-state index contributed by atoms with van der Waals surface area (Å²) in [6, 6.07) is 8.47. The van der Waals surface area contributed by atoms with Crippen LogP contribution in [0.1, 0.15) is 41.6 Å². The van der Waals surface area contributed by atoms with E-state index in [9.17, 15) is 9.59 Å². The number of fused-ring (bicyclic) bond motifs is 1. The van der Waals surface area contributed by atoms with E-state index in [0.29, 0.717) is 29.2 Å². The lowest BCUT2D eigenvalue weighted by atomic mass is 10.1. The van der Waals surface area contributed by atoms with E-state index < -0.39 is 0 Å². The summed E-state index contributed by atoms with van der Waals surface area (Å²) in [5.74, 6) is 0.220. The normalized spacial score (nSPS) is 17.7. The third-order valence-corrected chi connectivity index (χ3v) is 5.74. The largest absolute Gasteiger partial charge is 0.367 e. The minimum absolute atomic E-state index is 0.0743. The van der Waals surface area contributed by atoms with Crippen molar-refractivity contribution in [2.75, 3.05) is 5.32 Å². The number of hydrogen-bond acceptors (Lipinski definition) is 5. The molecular weight excluding hydrogens is 402 g/mol. The van der Waals surface area contributed by atoms with Gasteiger partial charge in [0.2, 0.25) is 5.91 Å².